The molecule has 0 saturated heterocycles. The minimum atomic E-state index is -0.735. The van der Waals surface area contributed by atoms with E-state index in [0.717, 1.165) is 0 Å². The van der Waals surface area contributed by atoms with Crippen LogP contribution in [0.25, 0.3) is 0 Å². The number of benzene rings is 1. The molecule has 2 nitrogen and oxygen atoms in total. The van der Waals surface area contributed by atoms with Crippen LogP contribution in [0, 0.1) is 0 Å². The molecule has 0 aromatic heterocycles. The highest BCUT2D eigenvalue weighted by Crippen LogP contribution is 2.27. The maximum atomic E-state index is 11.6. The topological polar surface area (TPSA) is 29.1 Å². The largest absolute Gasteiger partial charge is 0.352 e. The lowest BCUT2D eigenvalue weighted by molar-refractivity contribution is -0.121. The predicted molar refractivity (Wildman–Crippen MR) is 63.3 cm³/mol. The van der Waals surface area contributed by atoms with Gasteiger partial charge in [0.2, 0.25) is 5.91 Å². The first kappa shape index (κ1) is 12.3. The van der Waals surface area contributed by atoms with Crippen LogP contribution >= 0.6 is 23.2 Å². The molecule has 0 aliphatic carbocycles. The van der Waals surface area contributed by atoms with Gasteiger partial charge in [-0.15, -0.1) is 11.6 Å². The Bertz CT molecular complexity index is 352. The van der Waals surface area contributed by atoms with Crippen LogP contribution in [0.2, 0.25) is 5.02 Å². The monoisotopic (exact) mass is 245 g/mol. The summed E-state index contributed by atoms with van der Waals surface area (Å²) in [5.41, 5.74) is 0.638. The third-order valence-electron chi connectivity index (χ3n) is 1.84. The van der Waals surface area contributed by atoms with Crippen molar-refractivity contribution >= 4 is 29.1 Å². The van der Waals surface area contributed by atoms with Crippen molar-refractivity contribution in [1.29, 1.82) is 0 Å². The van der Waals surface area contributed by atoms with Crippen LogP contribution in [0.5, 0.6) is 0 Å². The molecule has 1 amide bonds. The highest BCUT2D eigenvalue weighted by molar-refractivity contribution is 6.35. The summed E-state index contributed by atoms with van der Waals surface area (Å²) in [5, 5.41) is 2.51. The molecule has 0 heterocycles. The van der Waals surface area contributed by atoms with E-state index in [0.29, 0.717) is 10.6 Å². The first-order valence-electron chi connectivity index (χ1n) is 4.71. The lowest BCUT2D eigenvalue weighted by atomic mass is 10.1. The molecular weight excluding hydrogens is 233 g/mol. The van der Waals surface area contributed by atoms with Gasteiger partial charge in [-0.3, -0.25) is 4.79 Å². The predicted octanol–water partition coefficient (Wildman–Crippen LogP) is 3.14. The van der Waals surface area contributed by atoms with Crippen molar-refractivity contribution < 1.29 is 4.79 Å². The van der Waals surface area contributed by atoms with E-state index in [9.17, 15) is 4.79 Å². The molecule has 82 valence electrons. The summed E-state index contributed by atoms with van der Waals surface area (Å²) in [6.45, 7) is 3.77. The third kappa shape index (κ3) is 3.40. The van der Waals surface area contributed by atoms with E-state index in [1.165, 1.54) is 0 Å². The van der Waals surface area contributed by atoms with Gasteiger partial charge in [-0.25, -0.2) is 0 Å². The van der Waals surface area contributed by atoms with Gasteiger partial charge in [0, 0.05) is 11.1 Å². The summed E-state index contributed by atoms with van der Waals surface area (Å²) in [7, 11) is 0. The van der Waals surface area contributed by atoms with Crippen molar-refractivity contribution in [2.24, 2.45) is 0 Å². The summed E-state index contributed by atoms with van der Waals surface area (Å²) in [6.07, 6.45) is 0. The molecule has 0 fully saturated rings. The standard InChI is InChI=1S/C11H13Cl2NO/c1-7(2)14-11(15)10(13)8-5-3-4-6-9(8)12/h3-7,10H,1-2H3,(H,14,15). The summed E-state index contributed by atoms with van der Waals surface area (Å²) in [5.74, 6) is -0.222. The average molecular weight is 246 g/mol. The van der Waals surface area contributed by atoms with Gasteiger partial charge >= 0.3 is 0 Å². The molecule has 1 aromatic carbocycles. The molecular formula is C11H13Cl2NO. The molecule has 0 aliphatic rings. The van der Waals surface area contributed by atoms with Gasteiger partial charge in [0.25, 0.3) is 0 Å². The zero-order valence-corrected chi connectivity index (χ0v) is 10.1. The number of nitrogens with one attached hydrogen (secondary N) is 1. The molecule has 1 unspecified atom stereocenters. The number of hydrogen-bond donors (Lipinski definition) is 1. The Hall–Kier alpha value is -0.730. The van der Waals surface area contributed by atoms with Gasteiger partial charge in [0.05, 0.1) is 0 Å². The van der Waals surface area contributed by atoms with E-state index in [2.05, 4.69) is 5.32 Å². The van der Waals surface area contributed by atoms with Gasteiger partial charge in [-0.05, 0) is 25.5 Å². The fraction of sp³-hybridized carbons (Fsp3) is 0.364. The molecule has 15 heavy (non-hydrogen) atoms. The van der Waals surface area contributed by atoms with Crippen molar-refractivity contribution in [3.8, 4) is 0 Å². The Balaban J connectivity index is 2.81. The first-order valence-corrected chi connectivity index (χ1v) is 5.52. The zero-order valence-electron chi connectivity index (χ0n) is 8.63. The minimum absolute atomic E-state index is 0.0706. The molecule has 1 aromatic rings. The molecule has 0 bridgehead atoms. The first-order chi connectivity index (χ1) is 7.02. The Morgan fingerprint density at radius 1 is 1.33 bits per heavy atom. The number of carbonyl (C=O) groups is 1. The molecule has 1 rings (SSSR count). The minimum Gasteiger partial charge on any atom is -0.352 e. The Labute approximate surface area is 99.6 Å². The van der Waals surface area contributed by atoms with Crippen molar-refractivity contribution in [2.75, 3.05) is 0 Å². The molecule has 4 heteroatoms. The molecule has 0 saturated carbocycles. The molecule has 1 atom stereocenters. The van der Waals surface area contributed by atoms with E-state index in [4.69, 9.17) is 23.2 Å². The summed E-state index contributed by atoms with van der Waals surface area (Å²) in [4.78, 5) is 11.6. The number of alkyl halides is 1. The highest BCUT2D eigenvalue weighted by atomic mass is 35.5. The van der Waals surface area contributed by atoms with E-state index >= 15 is 0 Å². The maximum absolute atomic E-state index is 11.6. The zero-order chi connectivity index (χ0) is 11.4. The second-order valence-corrected chi connectivity index (χ2v) is 4.39. The lowest BCUT2D eigenvalue weighted by Gasteiger charge is -2.14. The van der Waals surface area contributed by atoms with Crippen molar-refractivity contribution in [2.45, 2.75) is 25.3 Å². The lowest BCUT2D eigenvalue weighted by Crippen LogP contribution is -2.32. The van der Waals surface area contributed by atoms with Crippen molar-refractivity contribution in [3.63, 3.8) is 0 Å². The number of hydrogen-bond acceptors (Lipinski definition) is 1. The molecule has 1 N–H and O–H groups in total. The van der Waals surface area contributed by atoms with Gasteiger partial charge < -0.3 is 5.32 Å². The van der Waals surface area contributed by atoms with Gasteiger partial charge in [0.15, 0.2) is 0 Å². The van der Waals surface area contributed by atoms with E-state index in [1.54, 1.807) is 24.3 Å². The molecule has 0 aliphatic heterocycles. The van der Waals surface area contributed by atoms with Crippen LogP contribution in [0.3, 0.4) is 0 Å². The molecule has 0 radical (unpaired) electrons. The van der Waals surface area contributed by atoms with Gasteiger partial charge in [-0.1, -0.05) is 29.8 Å². The normalized spacial score (nSPS) is 12.6. The van der Waals surface area contributed by atoms with Crippen LogP contribution in [-0.2, 0) is 4.79 Å². The second kappa shape index (κ2) is 5.38. The van der Waals surface area contributed by atoms with E-state index < -0.39 is 5.38 Å². The second-order valence-electron chi connectivity index (χ2n) is 3.55. The smallest absolute Gasteiger partial charge is 0.242 e. The van der Waals surface area contributed by atoms with Crippen molar-refractivity contribution in [1.82, 2.24) is 5.32 Å². The average Bonchev–Trinajstić information content (AvgIpc) is 2.16. The number of amides is 1. The van der Waals surface area contributed by atoms with Gasteiger partial charge in [0.1, 0.15) is 5.38 Å². The maximum Gasteiger partial charge on any atom is 0.242 e. The van der Waals surface area contributed by atoms with Crippen LogP contribution in [0.4, 0.5) is 0 Å². The van der Waals surface area contributed by atoms with Crippen LogP contribution in [-0.4, -0.2) is 11.9 Å². The van der Waals surface area contributed by atoms with Crippen LogP contribution in [0.15, 0.2) is 24.3 Å². The highest BCUT2D eigenvalue weighted by Gasteiger charge is 2.20. The van der Waals surface area contributed by atoms with Crippen molar-refractivity contribution in [3.05, 3.63) is 34.9 Å². The van der Waals surface area contributed by atoms with Gasteiger partial charge in [-0.2, -0.15) is 0 Å². The Morgan fingerprint density at radius 2 is 1.93 bits per heavy atom. The van der Waals surface area contributed by atoms with E-state index in [-0.39, 0.29) is 11.9 Å². The van der Waals surface area contributed by atoms with Crippen LogP contribution in [0.1, 0.15) is 24.8 Å². The number of halogens is 2. The number of carbonyl (C=O) groups excluding carboxylic acids is 1. The summed E-state index contributed by atoms with van der Waals surface area (Å²) < 4.78 is 0. The SMILES string of the molecule is CC(C)NC(=O)C(Cl)c1ccccc1Cl. The van der Waals surface area contributed by atoms with E-state index in [1.807, 2.05) is 13.8 Å². The summed E-state index contributed by atoms with van der Waals surface area (Å²) >= 11 is 11.9. The fourth-order valence-electron chi connectivity index (χ4n) is 1.18. The fourth-order valence-corrected chi connectivity index (χ4v) is 1.73. The Morgan fingerprint density at radius 3 is 2.47 bits per heavy atom. The summed E-state index contributed by atoms with van der Waals surface area (Å²) in [6, 6.07) is 7.14. The number of rotatable bonds is 3. The molecule has 0 spiro atoms. The third-order valence-corrected chi connectivity index (χ3v) is 2.62. The van der Waals surface area contributed by atoms with Crippen LogP contribution < -0.4 is 5.32 Å². The quantitative estimate of drug-likeness (QED) is 0.815. The Kier molecular flexibility index (Phi) is 4.43.